The molecule has 0 saturated carbocycles. The minimum atomic E-state index is 0.811. The lowest BCUT2D eigenvalue weighted by Gasteiger charge is -2.12. The lowest BCUT2D eigenvalue weighted by atomic mass is 9.97. The second-order valence-electron chi connectivity index (χ2n) is 9.21. The zero-order chi connectivity index (χ0) is 25.7. The zero-order valence-electron chi connectivity index (χ0n) is 21.2. The van der Waals surface area contributed by atoms with Crippen molar-refractivity contribution in [2.45, 2.75) is 6.54 Å². The number of rotatable bonds is 9. The Balaban J connectivity index is 1.26. The summed E-state index contributed by atoms with van der Waals surface area (Å²) < 4.78 is 5.84. The van der Waals surface area contributed by atoms with E-state index in [-0.39, 0.29) is 0 Å². The van der Waals surface area contributed by atoms with Gasteiger partial charge in [0.05, 0.1) is 24.5 Å². The highest BCUT2D eigenvalue weighted by Gasteiger charge is 2.16. The molecule has 6 rings (SSSR count). The number of nitrogens with zero attached hydrogens (tertiary/aromatic N) is 2. The van der Waals surface area contributed by atoms with Gasteiger partial charge in [0.15, 0.2) is 0 Å². The molecular weight excluding hydrogens is 470 g/mol. The Morgan fingerprint density at radius 2 is 1.68 bits per heavy atom. The summed E-state index contributed by atoms with van der Waals surface area (Å²) in [4.78, 5) is 12.5. The highest BCUT2D eigenvalue weighted by molar-refractivity contribution is 6.16. The SMILES string of the molecule is COc1ccc2[nH]c3cnc(-c4cccnc4)cc3c2c1-c1ccc(CNCCNc2ccccc2)cc1. The summed E-state index contributed by atoms with van der Waals surface area (Å²) >= 11 is 0. The van der Waals surface area contributed by atoms with Gasteiger partial charge >= 0.3 is 0 Å². The Morgan fingerprint density at radius 1 is 0.816 bits per heavy atom. The van der Waals surface area contributed by atoms with Crippen molar-refractivity contribution in [3.05, 3.63) is 109 Å². The summed E-state index contributed by atoms with van der Waals surface area (Å²) in [5.74, 6) is 0.844. The lowest BCUT2D eigenvalue weighted by molar-refractivity contribution is 0.417. The van der Waals surface area contributed by atoms with E-state index >= 15 is 0 Å². The van der Waals surface area contributed by atoms with E-state index in [0.717, 1.165) is 75.3 Å². The van der Waals surface area contributed by atoms with Gasteiger partial charge in [-0.15, -0.1) is 0 Å². The first kappa shape index (κ1) is 23.7. The van der Waals surface area contributed by atoms with Gasteiger partial charge < -0.3 is 20.4 Å². The third-order valence-electron chi connectivity index (χ3n) is 6.76. The topological polar surface area (TPSA) is 74.9 Å². The van der Waals surface area contributed by atoms with Crippen molar-refractivity contribution in [2.75, 3.05) is 25.5 Å². The third kappa shape index (κ3) is 4.82. The van der Waals surface area contributed by atoms with Gasteiger partial charge in [0.2, 0.25) is 0 Å². The number of aromatic nitrogens is 3. The number of pyridine rings is 2. The maximum atomic E-state index is 5.84. The molecular formula is C32H29N5O. The van der Waals surface area contributed by atoms with E-state index < -0.39 is 0 Å². The van der Waals surface area contributed by atoms with Crippen LogP contribution in [0.1, 0.15) is 5.56 Å². The van der Waals surface area contributed by atoms with Crippen LogP contribution in [0.3, 0.4) is 0 Å². The van der Waals surface area contributed by atoms with Crippen molar-refractivity contribution in [3.8, 4) is 28.1 Å². The molecule has 0 radical (unpaired) electrons. The fourth-order valence-electron chi connectivity index (χ4n) is 4.88. The summed E-state index contributed by atoms with van der Waals surface area (Å²) in [6, 6.07) is 29.2. The van der Waals surface area contributed by atoms with Gasteiger partial charge in [0.1, 0.15) is 5.75 Å². The summed E-state index contributed by atoms with van der Waals surface area (Å²) in [7, 11) is 1.73. The van der Waals surface area contributed by atoms with Crippen LogP contribution in [-0.2, 0) is 6.54 Å². The lowest BCUT2D eigenvalue weighted by Crippen LogP contribution is -2.21. The van der Waals surface area contributed by atoms with Crippen LogP contribution in [-0.4, -0.2) is 35.2 Å². The second-order valence-corrected chi connectivity index (χ2v) is 9.21. The average Bonchev–Trinajstić information content (AvgIpc) is 3.36. The number of hydrogen-bond acceptors (Lipinski definition) is 5. The predicted molar refractivity (Wildman–Crippen MR) is 155 cm³/mol. The van der Waals surface area contributed by atoms with Crippen LogP contribution in [0, 0.1) is 0 Å². The molecule has 0 atom stereocenters. The number of benzene rings is 3. The van der Waals surface area contributed by atoms with Gasteiger partial charge in [-0.2, -0.15) is 0 Å². The number of H-pyrrole nitrogens is 1. The maximum Gasteiger partial charge on any atom is 0.127 e. The van der Waals surface area contributed by atoms with Crippen molar-refractivity contribution >= 4 is 27.5 Å². The van der Waals surface area contributed by atoms with Crippen LogP contribution in [0.5, 0.6) is 5.75 Å². The molecule has 3 aromatic heterocycles. The number of hydrogen-bond donors (Lipinski definition) is 3. The maximum absolute atomic E-state index is 5.84. The molecule has 3 aromatic carbocycles. The number of aromatic amines is 1. The number of anilines is 1. The Hall–Kier alpha value is -4.68. The molecule has 6 heteroatoms. The van der Waals surface area contributed by atoms with E-state index in [9.17, 15) is 0 Å². The van der Waals surface area contributed by atoms with Crippen LogP contribution in [0.25, 0.3) is 44.2 Å². The summed E-state index contributed by atoms with van der Waals surface area (Å²) in [5, 5.41) is 9.19. The second kappa shape index (κ2) is 10.7. The Morgan fingerprint density at radius 3 is 2.47 bits per heavy atom. The highest BCUT2D eigenvalue weighted by Crippen LogP contribution is 2.41. The largest absolute Gasteiger partial charge is 0.496 e. The summed E-state index contributed by atoms with van der Waals surface area (Å²) in [5.41, 5.74) is 8.50. The molecule has 0 fully saturated rings. The molecule has 0 amide bonds. The van der Waals surface area contributed by atoms with Gasteiger partial charge in [-0.25, -0.2) is 0 Å². The van der Waals surface area contributed by atoms with Gasteiger partial charge in [-0.3, -0.25) is 9.97 Å². The number of ether oxygens (including phenoxy) is 1. The van der Waals surface area contributed by atoms with Crippen molar-refractivity contribution in [2.24, 2.45) is 0 Å². The first-order valence-corrected chi connectivity index (χ1v) is 12.8. The van der Waals surface area contributed by atoms with Gasteiger partial charge in [0.25, 0.3) is 0 Å². The quantitative estimate of drug-likeness (QED) is 0.194. The summed E-state index contributed by atoms with van der Waals surface area (Å²) in [6.45, 7) is 2.56. The zero-order valence-corrected chi connectivity index (χ0v) is 21.2. The standard InChI is InChI=1S/C32H29N5O/c1-38-30-14-13-27-32(26-18-28(36-21-29(26)37-27)24-6-5-15-33-20-24)31(30)23-11-9-22(10-12-23)19-34-16-17-35-25-7-3-2-4-8-25/h2-15,18,20-21,34-35,37H,16-17,19H2,1H3. The molecule has 0 spiro atoms. The van der Waals surface area contributed by atoms with Crippen molar-refractivity contribution in [1.82, 2.24) is 20.3 Å². The molecule has 0 aliphatic rings. The van der Waals surface area contributed by atoms with Crippen molar-refractivity contribution < 1.29 is 4.74 Å². The van der Waals surface area contributed by atoms with Gasteiger partial charge in [0, 0.05) is 65.1 Å². The third-order valence-corrected chi connectivity index (χ3v) is 6.76. The van der Waals surface area contributed by atoms with Crippen molar-refractivity contribution in [3.63, 3.8) is 0 Å². The van der Waals surface area contributed by atoms with E-state index in [1.807, 2.05) is 48.8 Å². The molecule has 6 aromatic rings. The van der Waals surface area contributed by atoms with Crippen molar-refractivity contribution in [1.29, 1.82) is 0 Å². The van der Waals surface area contributed by atoms with Crippen LogP contribution in [0.15, 0.2) is 104 Å². The predicted octanol–water partition coefficient (Wildman–Crippen LogP) is 6.66. The molecule has 0 saturated heterocycles. The first-order valence-electron chi connectivity index (χ1n) is 12.8. The molecule has 0 aliphatic carbocycles. The van der Waals surface area contributed by atoms with Crippen LogP contribution < -0.4 is 15.4 Å². The molecule has 3 heterocycles. The molecule has 0 unspecified atom stereocenters. The fourth-order valence-corrected chi connectivity index (χ4v) is 4.88. The fraction of sp³-hybridized carbons (Fsp3) is 0.125. The van der Waals surface area contributed by atoms with Crippen LogP contribution >= 0.6 is 0 Å². The van der Waals surface area contributed by atoms with Crippen LogP contribution in [0.4, 0.5) is 5.69 Å². The number of nitrogens with one attached hydrogen (secondary N) is 3. The van der Waals surface area contributed by atoms with Gasteiger partial charge in [-0.05, 0) is 53.6 Å². The highest BCUT2D eigenvalue weighted by atomic mass is 16.5. The number of fused-ring (bicyclic) bond motifs is 3. The normalized spacial score (nSPS) is 11.2. The molecule has 0 bridgehead atoms. The molecule has 188 valence electrons. The van der Waals surface area contributed by atoms with E-state index in [2.05, 4.69) is 74.1 Å². The minimum Gasteiger partial charge on any atom is -0.496 e. The Kier molecular flexibility index (Phi) is 6.70. The van der Waals surface area contributed by atoms with Crippen LogP contribution in [0.2, 0.25) is 0 Å². The van der Waals surface area contributed by atoms with E-state index in [1.165, 1.54) is 5.56 Å². The Bertz CT molecular complexity index is 1660. The molecule has 3 N–H and O–H groups in total. The molecule has 6 nitrogen and oxygen atoms in total. The molecule has 0 aliphatic heterocycles. The van der Waals surface area contributed by atoms with E-state index in [1.54, 1.807) is 13.3 Å². The average molecular weight is 500 g/mol. The number of methoxy groups -OCH3 is 1. The smallest absolute Gasteiger partial charge is 0.127 e. The minimum absolute atomic E-state index is 0.811. The van der Waals surface area contributed by atoms with Gasteiger partial charge in [-0.1, -0.05) is 42.5 Å². The van der Waals surface area contributed by atoms with E-state index in [4.69, 9.17) is 4.74 Å². The van der Waals surface area contributed by atoms with E-state index in [0.29, 0.717) is 0 Å². The Labute approximate surface area is 221 Å². The summed E-state index contributed by atoms with van der Waals surface area (Å²) in [6.07, 6.45) is 5.52. The molecule has 38 heavy (non-hydrogen) atoms. The first-order chi connectivity index (χ1) is 18.8. The number of para-hydroxylation sites is 1. The monoisotopic (exact) mass is 499 g/mol.